The molecule has 1 N–H and O–H groups in total. The van der Waals surface area contributed by atoms with Crippen LogP contribution in [-0.2, 0) is 138 Å². The molecule has 0 aliphatic carbocycles. The molecule has 1 aromatic heterocycles. The number of aliphatic hydroxyl groups excluding tert-OH is 1. The van der Waals surface area contributed by atoms with Gasteiger partial charge in [0.05, 0.1) is 18.2 Å². The predicted molar refractivity (Wildman–Crippen MR) is 396 cm³/mol. The maximum Gasteiger partial charge on any atom is 0.399 e. The van der Waals surface area contributed by atoms with Gasteiger partial charge in [-0.3, -0.25) is 23.4 Å². The third kappa shape index (κ3) is 29.1. The quantitative estimate of drug-likeness (QED) is 0.0618. The van der Waals surface area contributed by atoms with Crippen molar-refractivity contribution in [3.05, 3.63) is 303 Å². The number of hydrogen-bond donors (Lipinski definition) is 1. The van der Waals surface area contributed by atoms with E-state index in [0.717, 1.165) is 123 Å². The first kappa shape index (κ1) is 96.6. The Morgan fingerprint density at radius 2 is 1.01 bits per heavy atom. The second kappa shape index (κ2) is 48.3. The predicted octanol–water partition coefficient (Wildman–Crippen LogP) is 14.9. The number of ketones is 1. The molecule has 26 heteroatoms. The minimum atomic E-state index is -4.36. The van der Waals surface area contributed by atoms with Crippen LogP contribution in [-0.4, -0.2) is 168 Å². The van der Waals surface area contributed by atoms with Crippen LogP contribution >= 0.6 is 0 Å². The molecule has 582 valence electrons. The number of hydrogen-bond acceptors (Lipinski definition) is 13. The van der Waals surface area contributed by atoms with Crippen LogP contribution in [0, 0.1) is 82.3 Å². The van der Waals surface area contributed by atoms with Crippen molar-refractivity contribution in [1.29, 1.82) is 0 Å². The third-order valence-electron chi connectivity index (χ3n) is 16.0. The average Bonchev–Trinajstić information content (AvgIpc) is 1.49. The van der Waals surface area contributed by atoms with E-state index < -0.39 is 23.4 Å². The van der Waals surface area contributed by atoms with Gasteiger partial charge in [-0.2, -0.15) is 19.2 Å². The number of aliphatic hydroxyl groups is 1. The number of imidazole rings is 1. The van der Waals surface area contributed by atoms with Gasteiger partial charge in [-0.05, 0) is 85.1 Å². The Kier molecular flexibility index (Phi) is 43.2. The number of allylic oxidation sites excluding steroid dienone is 2. The molecule has 108 heavy (non-hydrogen) atoms. The van der Waals surface area contributed by atoms with Gasteiger partial charge in [-0.15, -0.1) is 173 Å². The first-order valence-corrected chi connectivity index (χ1v) is 33.1. The molecule has 0 fully saturated rings. The normalized spacial score (nSPS) is 13.6. The Balaban J connectivity index is 0.000000430. The number of carbonyl (C=O) groups is 1. The summed E-state index contributed by atoms with van der Waals surface area (Å²) in [6.07, 6.45) is 0.661. The molecule has 0 saturated heterocycles. The number of aryl methyl sites for hydroxylation is 4. The first-order valence-electron chi connectivity index (χ1n) is 33.1. The van der Waals surface area contributed by atoms with E-state index in [2.05, 4.69) is 161 Å². The summed E-state index contributed by atoms with van der Waals surface area (Å²) in [5, 5.41) is 8.36. The van der Waals surface area contributed by atoms with E-state index in [9.17, 15) is 26.7 Å². The molecule has 0 bridgehead atoms. The standard InChI is InChI=1S/C18H17N2.C16H15N2.C12H12F3N2.C11H10N3.C10H9F2N2.C10H11N2.C5H8O2.6Ir/c1-13-11-14(2)17(15(3)12-13)20-10-9-19-18(20)16-7-5-4-6-8-16;1-3-7-14(8-4-1)13-18-12-11-17-16(18)15-9-5-2-6-10-15;1-8-5-9(11-16-3-4-17(11)2)7-10(6-8)12(13,14)15;1-12-10-5-3-4-9(8-10)11-13-6-7-14(11)2;1-14-5-4-13-10(14)8-3-2-7(11)6-9(8)12;1-12-8-7-11-10(12)9-5-3-2-4-6-9;1-4(6)3-5(2)7;;;;;;/h4-7,9-12H,1-3H3;1-9H,11-13H2;5-6H,3-4H2,1-2H3;3,5,8H,6-7H2,2H3;2,6H,4-5H2,1H3;2-5H,7-8H2,1H3;3,6H,1-2H3;;;;;;/q6*-1;;;;;;;. The summed E-state index contributed by atoms with van der Waals surface area (Å²) in [5.41, 5.74) is 11.6. The summed E-state index contributed by atoms with van der Waals surface area (Å²) in [5.74, 6) is 3.84. The molecular formula is C82H82F5Ir6N13O2-6. The Bertz CT molecular complexity index is 4500. The minimum absolute atomic E-state index is 0. The van der Waals surface area contributed by atoms with Gasteiger partial charge in [-0.25, -0.2) is 0 Å². The van der Waals surface area contributed by atoms with E-state index in [1.807, 2.05) is 122 Å². The van der Waals surface area contributed by atoms with E-state index in [4.69, 9.17) is 11.7 Å². The van der Waals surface area contributed by atoms with Crippen molar-refractivity contribution in [2.45, 2.75) is 54.3 Å². The molecule has 14 rings (SSSR count). The van der Waals surface area contributed by atoms with Gasteiger partial charge < -0.3 is 59.1 Å². The van der Waals surface area contributed by atoms with Crippen LogP contribution < -0.4 is 0 Å². The second-order valence-corrected chi connectivity index (χ2v) is 24.3. The van der Waals surface area contributed by atoms with Crippen LogP contribution in [0.25, 0.3) is 21.9 Å². The molecule has 9 aromatic rings. The largest absolute Gasteiger partial charge is 0.512 e. The fourth-order valence-electron chi connectivity index (χ4n) is 11.4. The number of benzene rings is 8. The van der Waals surface area contributed by atoms with Crippen LogP contribution in [0.5, 0.6) is 0 Å². The second-order valence-electron chi connectivity index (χ2n) is 24.3. The van der Waals surface area contributed by atoms with Gasteiger partial charge in [0.1, 0.15) is 5.69 Å². The number of alkyl halides is 3. The molecule has 0 spiro atoms. The Morgan fingerprint density at radius 1 is 0.546 bits per heavy atom. The molecule has 0 atom stereocenters. The maximum atomic E-state index is 13.3. The molecule has 15 nitrogen and oxygen atoms in total. The number of rotatable bonds is 10. The molecule has 8 aromatic carbocycles. The Morgan fingerprint density at radius 3 is 1.47 bits per heavy atom. The number of carbonyl (C=O) groups excluding carboxylic acids is 1. The SMILES string of the molecule is CC(=O)C=C(C)O.CN1CCN=C1c1[c-]cc(F)cc1F.CN1CCN=C1c1[c-]cccc1.Cc1cc(C)c(-n2ccnc2-c2[c-]cccc2)c(C)c1.Cc1cc(C2=NCCN2C)[c-]c(C(F)(F)F)c1.[C-]#[N+]c1cc[c-]c(C2=NCCN2C)c1.[Ir].[Ir].[Ir].[Ir].[Ir].[Ir].[c-]1ccccc1C1=NCCN1Cc1ccccc1. The topological polar surface area (TPSA) is 137 Å². The van der Waals surface area contributed by atoms with Crippen LogP contribution in [0.2, 0.25) is 0 Å². The number of halogens is 5. The summed E-state index contributed by atoms with van der Waals surface area (Å²) < 4.78 is 66.0. The third-order valence-corrected chi connectivity index (χ3v) is 16.0. The number of aromatic nitrogens is 2. The number of aliphatic imine (C=N–C) groups is 5. The summed E-state index contributed by atoms with van der Waals surface area (Å²) in [6, 6.07) is 66.7. The van der Waals surface area contributed by atoms with Crippen molar-refractivity contribution in [2.24, 2.45) is 25.0 Å². The van der Waals surface area contributed by atoms with E-state index in [1.165, 1.54) is 47.9 Å². The van der Waals surface area contributed by atoms with Crippen molar-refractivity contribution >= 4 is 40.6 Å². The molecule has 6 heterocycles. The van der Waals surface area contributed by atoms with Crippen molar-refractivity contribution in [1.82, 2.24) is 34.1 Å². The monoisotopic (exact) mass is 2530 g/mol. The molecule has 6 radical (unpaired) electrons. The fourth-order valence-corrected chi connectivity index (χ4v) is 11.4. The zero-order chi connectivity index (χ0) is 73.3. The van der Waals surface area contributed by atoms with Crippen molar-refractivity contribution < 1.29 is 152 Å². The number of likely N-dealkylation sites (N-methyl/N-ethyl adjacent to an activating group) is 4. The average molecular weight is 2530 g/mol. The summed E-state index contributed by atoms with van der Waals surface area (Å²) in [6.45, 7) is 27.1. The van der Waals surface area contributed by atoms with E-state index in [1.54, 1.807) is 25.1 Å². The molecule has 5 aliphatic heterocycles. The molecule has 0 saturated carbocycles. The molecule has 0 amide bonds. The van der Waals surface area contributed by atoms with Crippen LogP contribution in [0.3, 0.4) is 0 Å². The van der Waals surface area contributed by atoms with E-state index >= 15 is 0 Å². The molecule has 0 unspecified atom stereocenters. The van der Waals surface area contributed by atoms with Crippen molar-refractivity contribution in [3.8, 4) is 17.1 Å². The van der Waals surface area contributed by atoms with Gasteiger partial charge in [0, 0.05) is 258 Å². The van der Waals surface area contributed by atoms with Crippen molar-refractivity contribution in [3.63, 3.8) is 0 Å². The Labute approximate surface area is 713 Å². The fraction of sp³-hybridized carbons (Fsp3) is 0.268. The number of amidine groups is 5. The summed E-state index contributed by atoms with van der Waals surface area (Å²) >= 11 is 0. The molecule has 5 aliphatic rings. The van der Waals surface area contributed by atoms with Gasteiger partial charge in [0.2, 0.25) is 0 Å². The van der Waals surface area contributed by atoms with Gasteiger partial charge in [0.15, 0.2) is 5.78 Å². The zero-order valence-electron chi connectivity index (χ0n) is 61.1. The van der Waals surface area contributed by atoms with E-state index in [0.29, 0.717) is 41.6 Å². The van der Waals surface area contributed by atoms with Crippen LogP contribution in [0.15, 0.2) is 207 Å². The summed E-state index contributed by atoms with van der Waals surface area (Å²) in [4.78, 5) is 49.8. The summed E-state index contributed by atoms with van der Waals surface area (Å²) in [7, 11) is 7.70. The zero-order valence-corrected chi connectivity index (χ0v) is 75.5. The van der Waals surface area contributed by atoms with Gasteiger partial charge >= 0.3 is 6.18 Å². The van der Waals surface area contributed by atoms with E-state index in [-0.39, 0.29) is 138 Å². The van der Waals surface area contributed by atoms with Crippen LogP contribution in [0.4, 0.5) is 27.6 Å². The van der Waals surface area contributed by atoms with Gasteiger partial charge in [-0.1, -0.05) is 66.6 Å². The van der Waals surface area contributed by atoms with Crippen molar-refractivity contribution in [2.75, 3.05) is 93.6 Å². The maximum absolute atomic E-state index is 13.3. The van der Waals surface area contributed by atoms with Gasteiger partial charge in [0.25, 0.3) is 0 Å². The Hall–Kier alpha value is -7.43. The number of nitrogens with zero attached hydrogens (tertiary/aromatic N) is 13. The smallest absolute Gasteiger partial charge is 0.399 e. The first-order chi connectivity index (χ1) is 49.0. The van der Waals surface area contributed by atoms with Crippen LogP contribution in [0.1, 0.15) is 75.0 Å². The minimum Gasteiger partial charge on any atom is -0.512 e. The molecular weight excluding hydrogens is 2450 g/mol.